The number of allylic oxidation sites excluding steroid dienone is 1. The molecule has 0 radical (unpaired) electrons. The number of hydrogen-bond donors (Lipinski definition) is 1. The average Bonchev–Trinajstić information content (AvgIpc) is 1.64. The first kappa shape index (κ1) is 6.61. The Kier molecular flexibility index (Phi) is 2.37. The quantitative estimate of drug-likeness (QED) is 0.643. The summed E-state index contributed by atoms with van der Waals surface area (Å²) in [6.45, 7) is 0. The van der Waals surface area contributed by atoms with Crippen LogP contribution in [0.25, 0.3) is 0 Å². The van der Waals surface area contributed by atoms with Crippen LogP contribution in [0, 0.1) is 5.41 Å². The fraction of sp³-hybridized carbons (Fsp3) is 0.400. The van der Waals surface area contributed by atoms with E-state index in [9.17, 15) is 0 Å². The number of hydrogen-bond acceptors (Lipinski definition) is 2. The van der Waals surface area contributed by atoms with Gasteiger partial charge in [0.25, 0.3) is 0 Å². The highest BCUT2D eigenvalue weighted by Crippen LogP contribution is 2.19. The normalized spacial score (nSPS) is 20.6. The molecule has 44 valence electrons. The first-order valence-corrected chi connectivity index (χ1v) is 4.53. The molecular formula is C5H6INS. The SMILES string of the molecule is N=C1C=C(I)CSC1. The Morgan fingerprint density at radius 2 is 2.38 bits per heavy atom. The fourth-order valence-electron chi connectivity index (χ4n) is 0.531. The number of rotatable bonds is 0. The van der Waals surface area contributed by atoms with Gasteiger partial charge in [-0.2, -0.15) is 11.8 Å². The summed E-state index contributed by atoms with van der Waals surface area (Å²) in [4.78, 5) is 0. The molecule has 0 aromatic heterocycles. The van der Waals surface area contributed by atoms with Gasteiger partial charge in [-0.25, -0.2) is 0 Å². The molecule has 3 heteroatoms. The standard InChI is InChI=1S/C5H6INS/c6-4-1-5(7)3-8-2-4/h1,7H,2-3H2. The van der Waals surface area contributed by atoms with Gasteiger partial charge in [0.2, 0.25) is 0 Å². The van der Waals surface area contributed by atoms with Gasteiger partial charge >= 0.3 is 0 Å². The Morgan fingerprint density at radius 3 is 2.75 bits per heavy atom. The highest BCUT2D eigenvalue weighted by atomic mass is 127. The zero-order chi connectivity index (χ0) is 5.98. The molecule has 1 N–H and O–H groups in total. The maximum Gasteiger partial charge on any atom is 0.0420 e. The monoisotopic (exact) mass is 239 g/mol. The Bertz CT molecular complexity index is 141. The van der Waals surface area contributed by atoms with Crippen LogP contribution in [0.2, 0.25) is 0 Å². The summed E-state index contributed by atoms with van der Waals surface area (Å²) in [6.07, 6.45) is 1.94. The molecule has 1 aliphatic heterocycles. The van der Waals surface area contributed by atoms with Crippen molar-refractivity contribution in [3.05, 3.63) is 9.66 Å². The van der Waals surface area contributed by atoms with E-state index in [2.05, 4.69) is 22.6 Å². The van der Waals surface area contributed by atoms with E-state index in [1.54, 1.807) is 0 Å². The van der Waals surface area contributed by atoms with E-state index in [0.29, 0.717) is 0 Å². The van der Waals surface area contributed by atoms with E-state index in [-0.39, 0.29) is 0 Å². The summed E-state index contributed by atoms with van der Waals surface area (Å²) in [7, 11) is 0. The summed E-state index contributed by atoms with van der Waals surface area (Å²) in [5, 5.41) is 7.22. The van der Waals surface area contributed by atoms with Crippen molar-refractivity contribution in [1.29, 1.82) is 5.41 Å². The molecule has 0 unspecified atom stereocenters. The van der Waals surface area contributed by atoms with Crippen LogP contribution in [0.3, 0.4) is 0 Å². The van der Waals surface area contributed by atoms with Gasteiger partial charge in [-0.3, -0.25) is 0 Å². The zero-order valence-corrected chi connectivity index (χ0v) is 7.25. The average molecular weight is 239 g/mol. The number of thioether (sulfide) groups is 1. The molecule has 0 aliphatic carbocycles. The third-order valence-electron chi connectivity index (χ3n) is 0.828. The van der Waals surface area contributed by atoms with Crippen molar-refractivity contribution in [2.24, 2.45) is 0 Å². The van der Waals surface area contributed by atoms with Crippen LogP contribution in [0.15, 0.2) is 9.66 Å². The van der Waals surface area contributed by atoms with Crippen molar-refractivity contribution < 1.29 is 0 Å². The van der Waals surface area contributed by atoms with Gasteiger partial charge in [0.15, 0.2) is 0 Å². The molecule has 0 spiro atoms. The molecule has 0 saturated carbocycles. The lowest BCUT2D eigenvalue weighted by Crippen LogP contribution is -2.02. The van der Waals surface area contributed by atoms with E-state index in [1.807, 2.05) is 17.8 Å². The van der Waals surface area contributed by atoms with Crippen LogP contribution < -0.4 is 0 Å². The maximum atomic E-state index is 7.22. The lowest BCUT2D eigenvalue weighted by atomic mass is 10.4. The Labute approximate surface area is 66.6 Å². The molecule has 0 aromatic carbocycles. The minimum atomic E-state index is 0.755. The van der Waals surface area contributed by atoms with Gasteiger partial charge in [-0.05, 0) is 28.7 Å². The van der Waals surface area contributed by atoms with E-state index in [0.717, 1.165) is 17.2 Å². The predicted molar refractivity (Wildman–Crippen MR) is 47.2 cm³/mol. The largest absolute Gasteiger partial charge is 0.304 e. The molecule has 1 nitrogen and oxygen atoms in total. The molecule has 0 atom stereocenters. The smallest absolute Gasteiger partial charge is 0.0420 e. The summed E-state index contributed by atoms with van der Waals surface area (Å²) in [5.74, 6) is 2.00. The Morgan fingerprint density at radius 1 is 1.62 bits per heavy atom. The van der Waals surface area contributed by atoms with Gasteiger partial charge in [-0.1, -0.05) is 0 Å². The highest BCUT2D eigenvalue weighted by molar-refractivity contribution is 14.1. The van der Waals surface area contributed by atoms with E-state index in [1.165, 1.54) is 3.58 Å². The molecule has 1 aliphatic rings. The van der Waals surface area contributed by atoms with Crippen LogP contribution in [0.4, 0.5) is 0 Å². The van der Waals surface area contributed by atoms with Crippen molar-refractivity contribution in [3.63, 3.8) is 0 Å². The zero-order valence-electron chi connectivity index (χ0n) is 4.28. The second-order valence-electron chi connectivity index (χ2n) is 1.61. The van der Waals surface area contributed by atoms with E-state index < -0.39 is 0 Å². The molecule has 0 aromatic rings. The van der Waals surface area contributed by atoms with Crippen molar-refractivity contribution in [2.45, 2.75) is 0 Å². The number of nitrogens with one attached hydrogen (secondary N) is 1. The van der Waals surface area contributed by atoms with Crippen LogP contribution >= 0.6 is 34.4 Å². The predicted octanol–water partition coefficient (Wildman–Crippen LogP) is 2.07. The van der Waals surface area contributed by atoms with E-state index >= 15 is 0 Å². The van der Waals surface area contributed by atoms with Crippen molar-refractivity contribution in [1.82, 2.24) is 0 Å². The molecule has 8 heavy (non-hydrogen) atoms. The molecule has 1 heterocycles. The molecule has 0 bridgehead atoms. The highest BCUT2D eigenvalue weighted by Gasteiger charge is 2.02. The molecule has 0 saturated heterocycles. The summed E-state index contributed by atoms with van der Waals surface area (Å²) < 4.78 is 1.30. The van der Waals surface area contributed by atoms with Crippen molar-refractivity contribution in [2.75, 3.05) is 11.5 Å². The third kappa shape index (κ3) is 1.78. The topological polar surface area (TPSA) is 23.9 Å². The van der Waals surface area contributed by atoms with E-state index in [4.69, 9.17) is 5.41 Å². The summed E-state index contributed by atoms with van der Waals surface area (Å²) in [6, 6.07) is 0. The van der Waals surface area contributed by atoms with Crippen LogP contribution in [-0.4, -0.2) is 17.2 Å². The second kappa shape index (κ2) is 2.87. The minimum absolute atomic E-state index is 0.755. The van der Waals surface area contributed by atoms with Gasteiger partial charge in [0.05, 0.1) is 0 Å². The first-order chi connectivity index (χ1) is 3.79. The lowest BCUT2D eigenvalue weighted by molar-refractivity contribution is 1.48. The molecule has 1 rings (SSSR count). The lowest BCUT2D eigenvalue weighted by Gasteiger charge is -2.05. The summed E-state index contributed by atoms with van der Waals surface area (Å²) in [5.41, 5.74) is 0.755. The Balaban J connectivity index is 2.64. The second-order valence-corrected chi connectivity index (χ2v) is 3.98. The molecule has 0 fully saturated rings. The minimum Gasteiger partial charge on any atom is -0.304 e. The Hall–Kier alpha value is 0.490. The summed E-state index contributed by atoms with van der Waals surface area (Å²) >= 11 is 4.08. The maximum absolute atomic E-state index is 7.22. The first-order valence-electron chi connectivity index (χ1n) is 2.30. The number of halogens is 1. The van der Waals surface area contributed by atoms with Crippen LogP contribution in [-0.2, 0) is 0 Å². The van der Waals surface area contributed by atoms with Gasteiger partial charge in [0.1, 0.15) is 0 Å². The van der Waals surface area contributed by atoms with Crippen LogP contribution in [0.1, 0.15) is 0 Å². The van der Waals surface area contributed by atoms with Gasteiger partial charge in [0, 0.05) is 20.8 Å². The third-order valence-corrected chi connectivity index (χ3v) is 3.07. The van der Waals surface area contributed by atoms with Gasteiger partial charge < -0.3 is 5.41 Å². The molecule has 0 amide bonds. The molecular weight excluding hydrogens is 233 g/mol. The van der Waals surface area contributed by atoms with Crippen molar-refractivity contribution in [3.8, 4) is 0 Å². The van der Waals surface area contributed by atoms with Gasteiger partial charge in [-0.15, -0.1) is 0 Å². The van der Waals surface area contributed by atoms with Crippen LogP contribution in [0.5, 0.6) is 0 Å². The van der Waals surface area contributed by atoms with Crippen molar-refractivity contribution >= 4 is 40.1 Å². The fourth-order valence-corrected chi connectivity index (χ4v) is 2.25.